The van der Waals surface area contributed by atoms with Crippen molar-refractivity contribution in [3.05, 3.63) is 28.2 Å². The Bertz CT molecular complexity index is 436. The normalized spacial score (nSPS) is 10.7. The van der Waals surface area contributed by atoms with Gasteiger partial charge in [0.15, 0.2) is 6.61 Å². The van der Waals surface area contributed by atoms with Gasteiger partial charge in [-0.05, 0) is 30.2 Å². The summed E-state index contributed by atoms with van der Waals surface area (Å²) in [4.78, 5) is 11.5. The van der Waals surface area contributed by atoms with Crippen LogP contribution in [0.15, 0.2) is 22.7 Å². The van der Waals surface area contributed by atoms with Crippen molar-refractivity contribution in [2.24, 2.45) is 0 Å². The predicted molar refractivity (Wildman–Crippen MR) is 84.9 cm³/mol. The minimum Gasteiger partial charge on any atom is -0.484 e. The van der Waals surface area contributed by atoms with Crippen LogP contribution < -0.4 is 15.4 Å². The van der Waals surface area contributed by atoms with E-state index in [2.05, 4.69) is 40.4 Å². The van der Waals surface area contributed by atoms with Crippen LogP contribution in [0.1, 0.15) is 32.8 Å². The Kier molecular flexibility index (Phi) is 7.62. The lowest BCUT2D eigenvalue weighted by molar-refractivity contribution is -0.123. The molecule has 0 aliphatic carbocycles. The maximum absolute atomic E-state index is 11.5. The van der Waals surface area contributed by atoms with Crippen LogP contribution in [0.25, 0.3) is 0 Å². The van der Waals surface area contributed by atoms with Gasteiger partial charge in [0.05, 0.1) is 0 Å². The summed E-state index contributed by atoms with van der Waals surface area (Å²) >= 11 is 3.52. The number of ether oxygens (including phenoxy) is 1. The van der Waals surface area contributed by atoms with E-state index in [1.54, 1.807) is 0 Å². The van der Waals surface area contributed by atoms with Gasteiger partial charge in [0, 0.05) is 23.6 Å². The first-order valence-electron chi connectivity index (χ1n) is 6.94. The minimum atomic E-state index is -0.0865. The molecule has 1 amide bonds. The van der Waals surface area contributed by atoms with Crippen molar-refractivity contribution in [1.82, 2.24) is 10.6 Å². The number of carbonyl (C=O) groups is 1. The maximum Gasteiger partial charge on any atom is 0.257 e. The second-order valence-electron chi connectivity index (χ2n) is 4.93. The molecule has 0 radical (unpaired) electrons. The molecule has 112 valence electrons. The molecule has 0 unspecified atom stereocenters. The highest BCUT2D eigenvalue weighted by atomic mass is 79.9. The molecule has 2 N–H and O–H groups in total. The van der Waals surface area contributed by atoms with E-state index in [0.717, 1.165) is 23.0 Å². The van der Waals surface area contributed by atoms with Crippen LogP contribution in [0.3, 0.4) is 0 Å². The highest BCUT2D eigenvalue weighted by Crippen LogP contribution is 2.22. The molecule has 1 aromatic carbocycles. The number of rotatable bonds is 8. The van der Waals surface area contributed by atoms with Crippen LogP contribution in [0, 0.1) is 0 Å². The Morgan fingerprint density at radius 1 is 1.40 bits per heavy atom. The number of hydrogen-bond acceptors (Lipinski definition) is 3. The van der Waals surface area contributed by atoms with E-state index in [1.165, 1.54) is 0 Å². The predicted octanol–water partition coefficient (Wildman–Crippen LogP) is 2.85. The quantitative estimate of drug-likeness (QED) is 0.763. The molecule has 0 aliphatic heterocycles. The van der Waals surface area contributed by atoms with Crippen molar-refractivity contribution in [3.8, 4) is 5.75 Å². The van der Waals surface area contributed by atoms with Crippen LogP contribution in [0.4, 0.5) is 0 Å². The Hall–Kier alpha value is -1.07. The summed E-state index contributed by atoms with van der Waals surface area (Å²) in [5, 5.41) is 6.14. The third kappa shape index (κ3) is 6.39. The molecule has 0 spiro atoms. The summed E-state index contributed by atoms with van der Waals surface area (Å²) in [5.41, 5.74) is 1.12. The van der Waals surface area contributed by atoms with Gasteiger partial charge >= 0.3 is 0 Å². The van der Waals surface area contributed by atoms with Gasteiger partial charge in [-0.1, -0.05) is 36.7 Å². The molecular formula is C15H23BrN2O2. The Morgan fingerprint density at radius 2 is 2.15 bits per heavy atom. The molecule has 4 nitrogen and oxygen atoms in total. The lowest BCUT2D eigenvalue weighted by Crippen LogP contribution is -2.29. The molecule has 0 aromatic heterocycles. The molecule has 20 heavy (non-hydrogen) atoms. The molecule has 0 saturated heterocycles. The van der Waals surface area contributed by atoms with Crippen molar-refractivity contribution in [2.45, 2.75) is 39.8 Å². The molecule has 0 aliphatic rings. The Labute approximate surface area is 129 Å². The smallest absolute Gasteiger partial charge is 0.257 e. The molecule has 0 saturated carbocycles. The van der Waals surface area contributed by atoms with Gasteiger partial charge in [0.1, 0.15) is 5.75 Å². The van der Waals surface area contributed by atoms with E-state index in [9.17, 15) is 4.79 Å². The molecular weight excluding hydrogens is 320 g/mol. The lowest BCUT2D eigenvalue weighted by atomic mass is 10.2. The average Bonchev–Trinajstić information content (AvgIpc) is 2.42. The van der Waals surface area contributed by atoms with E-state index >= 15 is 0 Å². The summed E-state index contributed by atoms with van der Waals surface area (Å²) in [6, 6.07) is 6.17. The number of benzene rings is 1. The summed E-state index contributed by atoms with van der Waals surface area (Å²) in [6.07, 6.45) is 0.926. The first-order chi connectivity index (χ1) is 9.52. The highest BCUT2D eigenvalue weighted by molar-refractivity contribution is 9.10. The van der Waals surface area contributed by atoms with Gasteiger partial charge in [-0.2, -0.15) is 0 Å². The largest absolute Gasteiger partial charge is 0.484 e. The second-order valence-corrected chi connectivity index (χ2v) is 5.78. The van der Waals surface area contributed by atoms with Crippen molar-refractivity contribution in [3.63, 3.8) is 0 Å². The van der Waals surface area contributed by atoms with Crippen LogP contribution in [0.5, 0.6) is 5.75 Å². The van der Waals surface area contributed by atoms with E-state index in [-0.39, 0.29) is 12.5 Å². The van der Waals surface area contributed by atoms with Gasteiger partial charge in [0.2, 0.25) is 0 Å². The van der Waals surface area contributed by atoms with Crippen LogP contribution in [-0.2, 0) is 11.3 Å². The maximum atomic E-state index is 11.5. The zero-order valence-corrected chi connectivity index (χ0v) is 13.9. The Balaban J connectivity index is 2.54. The molecule has 5 heteroatoms. The lowest BCUT2D eigenvalue weighted by Gasteiger charge is -2.12. The zero-order chi connectivity index (χ0) is 15.0. The zero-order valence-electron chi connectivity index (χ0n) is 12.3. The van der Waals surface area contributed by atoms with Crippen molar-refractivity contribution in [1.29, 1.82) is 0 Å². The fraction of sp³-hybridized carbons (Fsp3) is 0.533. The minimum absolute atomic E-state index is 0.0542. The third-order valence-corrected chi connectivity index (χ3v) is 3.43. The van der Waals surface area contributed by atoms with E-state index in [4.69, 9.17) is 4.74 Å². The van der Waals surface area contributed by atoms with Gasteiger partial charge in [0.25, 0.3) is 5.91 Å². The average molecular weight is 343 g/mol. The van der Waals surface area contributed by atoms with Crippen molar-refractivity contribution >= 4 is 21.8 Å². The van der Waals surface area contributed by atoms with Crippen LogP contribution in [0.2, 0.25) is 0 Å². The number of amides is 1. The van der Waals surface area contributed by atoms with Crippen molar-refractivity contribution < 1.29 is 9.53 Å². The van der Waals surface area contributed by atoms with E-state index < -0.39 is 0 Å². The number of carbonyl (C=O) groups excluding carboxylic acids is 1. The number of hydrogen-bond donors (Lipinski definition) is 2. The van der Waals surface area contributed by atoms with Crippen LogP contribution >= 0.6 is 15.9 Å². The SMILES string of the molecule is CCCNC(=O)COc1ccc(Br)c(CNC(C)C)c1. The van der Waals surface area contributed by atoms with E-state index in [0.29, 0.717) is 18.3 Å². The summed E-state index contributed by atoms with van der Waals surface area (Å²) in [7, 11) is 0. The van der Waals surface area contributed by atoms with Crippen LogP contribution in [-0.4, -0.2) is 25.1 Å². The molecule has 0 heterocycles. The van der Waals surface area contributed by atoms with E-state index in [1.807, 2.05) is 25.1 Å². The number of nitrogens with one attached hydrogen (secondary N) is 2. The van der Waals surface area contributed by atoms with Gasteiger partial charge in [-0.3, -0.25) is 4.79 Å². The topological polar surface area (TPSA) is 50.4 Å². The fourth-order valence-electron chi connectivity index (χ4n) is 1.55. The monoisotopic (exact) mass is 342 g/mol. The summed E-state index contributed by atoms with van der Waals surface area (Å²) < 4.78 is 6.54. The molecule has 1 aromatic rings. The van der Waals surface area contributed by atoms with Gasteiger partial charge < -0.3 is 15.4 Å². The third-order valence-electron chi connectivity index (χ3n) is 2.66. The first kappa shape index (κ1) is 17.0. The summed E-state index contributed by atoms with van der Waals surface area (Å²) in [5.74, 6) is 0.622. The first-order valence-corrected chi connectivity index (χ1v) is 7.73. The highest BCUT2D eigenvalue weighted by Gasteiger charge is 2.06. The molecule has 0 bridgehead atoms. The summed E-state index contributed by atoms with van der Waals surface area (Å²) in [6.45, 7) is 7.73. The van der Waals surface area contributed by atoms with Gasteiger partial charge in [-0.25, -0.2) is 0 Å². The second kappa shape index (κ2) is 8.97. The molecule has 1 rings (SSSR count). The molecule has 0 fully saturated rings. The standard InChI is InChI=1S/C15H23BrN2O2/c1-4-7-17-15(19)10-20-13-5-6-14(16)12(8-13)9-18-11(2)3/h5-6,8,11,18H,4,7,9-10H2,1-3H3,(H,17,19). The fourth-order valence-corrected chi connectivity index (χ4v) is 1.94. The van der Waals surface area contributed by atoms with Gasteiger partial charge in [-0.15, -0.1) is 0 Å². The molecule has 0 atom stereocenters. The number of halogens is 1. The Morgan fingerprint density at radius 3 is 2.80 bits per heavy atom. The van der Waals surface area contributed by atoms with Crippen molar-refractivity contribution in [2.75, 3.05) is 13.2 Å².